The number of hydrogen-bond donors (Lipinski definition) is 0. The molecule has 0 aliphatic heterocycles. The summed E-state index contributed by atoms with van der Waals surface area (Å²) in [7, 11) is 3.90. The van der Waals surface area contributed by atoms with Crippen LogP contribution in [0.2, 0.25) is 5.02 Å². The third-order valence-corrected chi connectivity index (χ3v) is 4.87. The Morgan fingerprint density at radius 1 is 1.08 bits per heavy atom. The molecule has 0 spiro atoms. The summed E-state index contributed by atoms with van der Waals surface area (Å²) in [5.74, 6) is 0.817. The summed E-state index contributed by atoms with van der Waals surface area (Å²) in [5.41, 5.74) is 1.93. The highest BCUT2D eigenvalue weighted by Gasteiger charge is 2.17. The molecule has 0 amide bonds. The molecule has 0 fully saturated rings. The van der Waals surface area contributed by atoms with Crippen molar-refractivity contribution in [1.82, 2.24) is 14.7 Å². The molecule has 25 heavy (non-hydrogen) atoms. The molecule has 0 bridgehead atoms. The number of aryl methyl sites for hydroxylation is 1. The Hall–Kier alpha value is -2.24. The summed E-state index contributed by atoms with van der Waals surface area (Å²) < 4.78 is 1.88. The van der Waals surface area contributed by atoms with Crippen LogP contribution in [-0.2, 0) is 0 Å². The predicted octanol–water partition coefficient (Wildman–Crippen LogP) is 5.21. The molecule has 0 N–H and O–H groups in total. The average molecular weight is 371 g/mol. The van der Waals surface area contributed by atoms with E-state index in [-0.39, 0.29) is 0 Å². The van der Waals surface area contributed by atoms with Crippen LogP contribution in [0.1, 0.15) is 5.69 Å². The summed E-state index contributed by atoms with van der Waals surface area (Å²) >= 11 is 7.63. The van der Waals surface area contributed by atoms with Crippen LogP contribution in [-0.4, -0.2) is 35.1 Å². The number of benzene rings is 2. The quantitative estimate of drug-likeness (QED) is 0.456. The van der Waals surface area contributed by atoms with E-state index in [9.17, 15) is 0 Å². The largest absolute Gasteiger partial charge is 0.369 e. The van der Waals surface area contributed by atoms with Crippen LogP contribution in [0.25, 0.3) is 5.69 Å². The van der Waals surface area contributed by atoms with E-state index in [1.165, 1.54) is 0 Å². The monoisotopic (exact) mass is 370 g/mol. The summed E-state index contributed by atoms with van der Waals surface area (Å²) in [6.07, 6.45) is 1.79. The zero-order valence-electron chi connectivity index (χ0n) is 14.3. The summed E-state index contributed by atoms with van der Waals surface area (Å²) in [6, 6.07) is 17.8. The molecule has 0 aliphatic carbocycles. The zero-order valence-corrected chi connectivity index (χ0v) is 15.9. The lowest BCUT2D eigenvalue weighted by Crippen LogP contribution is -2.07. The van der Waals surface area contributed by atoms with E-state index in [2.05, 4.69) is 4.99 Å². The van der Waals surface area contributed by atoms with E-state index >= 15 is 0 Å². The lowest BCUT2D eigenvalue weighted by Gasteiger charge is -2.08. The fourth-order valence-electron chi connectivity index (χ4n) is 2.27. The van der Waals surface area contributed by atoms with Gasteiger partial charge in [0.1, 0.15) is 0 Å². The van der Waals surface area contributed by atoms with Gasteiger partial charge in [-0.2, -0.15) is 5.10 Å². The second kappa shape index (κ2) is 7.76. The summed E-state index contributed by atoms with van der Waals surface area (Å²) in [6.45, 7) is 2.01. The van der Waals surface area contributed by atoms with Gasteiger partial charge in [-0.3, -0.25) is 0 Å². The molecule has 3 aromatic rings. The number of para-hydroxylation sites is 1. The van der Waals surface area contributed by atoms with Gasteiger partial charge in [0.2, 0.25) is 0 Å². The zero-order chi connectivity index (χ0) is 17.8. The van der Waals surface area contributed by atoms with Crippen LogP contribution in [0, 0.1) is 6.92 Å². The molecule has 0 saturated carbocycles. The van der Waals surface area contributed by atoms with Crippen molar-refractivity contribution in [3.05, 3.63) is 65.3 Å². The normalized spacial score (nSPS) is 11.2. The van der Waals surface area contributed by atoms with E-state index in [1.54, 1.807) is 18.1 Å². The lowest BCUT2D eigenvalue weighted by atomic mass is 10.3. The van der Waals surface area contributed by atoms with Gasteiger partial charge in [0, 0.05) is 24.0 Å². The van der Waals surface area contributed by atoms with Crippen molar-refractivity contribution in [2.75, 3.05) is 14.1 Å². The van der Waals surface area contributed by atoms with Gasteiger partial charge >= 0.3 is 0 Å². The average Bonchev–Trinajstić information content (AvgIpc) is 2.92. The number of aromatic nitrogens is 2. The SMILES string of the molecule is Cc1nn(-c2ccccc2)c(/N=C/N(C)C)c1Sc1ccc(Cl)cc1. The first-order chi connectivity index (χ1) is 12.0. The third kappa shape index (κ3) is 4.24. The van der Waals surface area contributed by atoms with Crippen molar-refractivity contribution in [2.45, 2.75) is 16.7 Å². The molecule has 4 nitrogen and oxygen atoms in total. The molecular weight excluding hydrogens is 352 g/mol. The van der Waals surface area contributed by atoms with Crippen molar-refractivity contribution in [3.8, 4) is 5.69 Å². The second-order valence-corrected chi connectivity index (χ2v) is 7.27. The molecule has 0 saturated heterocycles. The highest BCUT2D eigenvalue weighted by atomic mass is 35.5. The molecule has 128 valence electrons. The summed E-state index contributed by atoms with van der Waals surface area (Å²) in [5, 5.41) is 5.44. The Bertz CT molecular complexity index is 870. The minimum atomic E-state index is 0.729. The Labute approximate surface area is 157 Å². The molecule has 0 radical (unpaired) electrons. The summed E-state index contributed by atoms with van der Waals surface area (Å²) in [4.78, 5) is 8.71. The van der Waals surface area contributed by atoms with Gasteiger partial charge in [0.05, 0.1) is 22.6 Å². The maximum absolute atomic E-state index is 5.99. The van der Waals surface area contributed by atoms with Crippen LogP contribution in [0.15, 0.2) is 69.4 Å². The number of halogens is 1. The molecular formula is C19H19ClN4S. The molecule has 0 aliphatic rings. The van der Waals surface area contributed by atoms with Gasteiger partial charge < -0.3 is 4.90 Å². The Kier molecular flexibility index (Phi) is 5.46. The van der Waals surface area contributed by atoms with E-state index < -0.39 is 0 Å². The minimum Gasteiger partial charge on any atom is -0.369 e. The molecule has 1 aromatic heterocycles. The van der Waals surface area contributed by atoms with Crippen LogP contribution in [0.4, 0.5) is 5.82 Å². The number of hydrogen-bond acceptors (Lipinski definition) is 3. The standard InChI is InChI=1S/C19H19ClN4S/c1-14-18(25-17-11-9-15(20)10-12-17)19(21-13-23(2)3)24(22-14)16-7-5-4-6-8-16/h4-13H,1-3H3/b21-13+. The van der Waals surface area contributed by atoms with E-state index in [4.69, 9.17) is 16.7 Å². The van der Waals surface area contributed by atoms with Gasteiger partial charge in [-0.05, 0) is 43.3 Å². The van der Waals surface area contributed by atoms with E-state index in [1.807, 2.05) is 85.2 Å². The van der Waals surface area contributed by atoms with E-state index in [0.29, 0.717) is 0 Å². The van der Waals surface area contributed by atoms with Crippen LogP contribution in [0.5, 0.6) is 0 Å². The number of rotatable bonds is 5. The topological polar surface area (TPSA) is 33.4 Å². The molecule has 0 unspecified atom stereocenters. The molecule has 1 heterocycles. The Morgan fingerprint density at radius 2 is 1.76 bits per heavy atom. The first-order valence-electron chi connectivity index (χ1n) is 7.83. The Balaban J connectivity index is 2.07. The van der Waals surface area contributed by atoms with Crippen molar-refractivity contribution < 1.29 is 0 Å². The molecule has 3 rings (SSSR count). The molecule has 6 heteroatoms. The van der Waals surface area contributed by atoms with E-state index in [0.717, 1.165) is 32.0 Å². The van der Waals surface area contributed by atoms with Crippen molar-refractivity contribution in [3.63, 3.8) is 0 Å². The lowest BCUT2D eigenvalue weighted by molar-refractivity contribution is 0.642. The van der Waals surface area contributed by atoms with Gasteiger partial charge in [-0.15, -0.1) is 0 Å². The molecule has 2 aromatic carbocycles. The highest BCUT2D eigenvalue weighted by Crippen LogP contribution is 2.39. The van der Waals surface area contributed by atoms with Crippen molar-refractivity contribution in [1.29, 1.82) is 0 Å². The van der Waals surface area contributed by atoms with Crippen molar-refractivity contribution in [2.24, 2.45) is 4.99 Å². The van der Waals surface area contributed by atoms with Gasteiger partial charge in [-0.25, -0.2) is 9.67 Å². The fourth-order valence-corrected chi connectivity index (χ4v) is 3.33. The van der Waals surface area contributed by atoms with Gasteiger partial charge in [0.15, 0.2) is 5.82 Å². The first-order valence-corrected chi connectivity index (χ1v) is 9.03. The highest BCUT2D eigenvalue weighted by molar-refractivity contribution is 7.99. The van der Waals surface area contributed by atoms with Crippen molar-refractivity contribution >= 4 is 35.5 Å². The van der Waals surface area contributed by atoms with Crippen LogP contribution in [0.3, 0.4) is 0 Å². The Morgan fingerprint density at radius 3 is 2.40 bits per heavy atom. The maximum Gasteiger partial charge on any atom is 0.171 e. The number of nitrogens with zero attached hydrogens (tertiary/aromatic N) is 4. The maximum atomic E-state index is 5.99. The van der Waals surface area contributed by atoms with Crippen LogP contribution >= 0.6 is 23.4 Å². The minimum absolute atomic E-state index is 0.729. The second-order valence-electron chi connectivity index (χ2n) is 5.75. The number of aliphatic imine (C=N–C) groups is 1. The smallest absolute Gasteiger partial charge is 0.171 e. The fraction of sp³-hybridized carbons (Fsp3) is 0.158. The van der Waals surface area contributed by atoms with Gasteiger partial charge in [-0.1, -0.05) is 41.6 Å². The molecule has 0 atom stereocenters. The first kappa shape index (κ1) is 17.6. The van der Waals surface area contributed by atoms with Gasteiger partial charge in [0.25, 0.3) is 0 Å². The predicted molar refractivity (Wildman–Crippen MR) is 106 cm³/mol. The van der Waals surface area contributed by atoms with Crippen LogP contribution < -0.4 is 0 Å². The third-order valence-electron chi connectivity index (χ3n) is 3.43.